The van der Waals surface area contributed by atoms with Crippen LogP contribution in [0.3, 0.4) is 0 Å². The summed E-state index contributed by atoms with van der Waals surface area (Å²) in [6.07, 6.45) is 1.90. The van der Waals surface area contributed by atoms with Crippen molar-refractivity contribution in [3.63, 3.8) is 0 Å². The first-order valence-electron chi connectivity index (χ1n) is 9.67. The smallest absolute Gasteiger partial charge is 0.344 e. The second-order valence-electron chi connectivity index (χ2n) is 7.09. The molecule has 2 aromatic carbocycles. The van der Waals surface area contributed by atoms with Gasteiger partial charge in [0.25, 0.3) is 5.91 Å². The molecule has 2 aromatic rings. The maximum Gasteiger partial charge on any atom is 0.344 e. The Morgan fingerprint density at radius 2 is 1.80 bits per heavy atom. The largest absolute Gasteiger partial charge is 0.479 e. The van der Waals surface area contributed by atoms with Crippen LogP contribution in [0.1, 0.15) is 44.2 Å². The Labute approximate surface area is 185 Å². The number of thiocarbonyl (C=S) groups is 1. The zero-order chi connectivity index (χ0) is 21.8. The third kappa shape index (κ3) is 4.91. The van der Waals surface area contributed by atoms with E-state index in [0.717, 1.165) is 17.7 Å². The molecular weight excluding hydrogens is 418 g/mol. The minimum Gasteiger partial charge on any atom is -0.479 e. The minimum absolute atomic E-state index is 0.152. The molecule has 30 heavy (non-hydrogen) atoms. The van der Waals surface area contributed by atoms with Crippen LogP contribution in [0.2, 0.25) is 0 Å². The SMILES string of the molecule is CCC(C)c1ccc(N2C(=O)/C(=C\c3ccc(OC(C)C(=O)O)cc3)SC2=S)cc1. The zero-order valence-corrected chi connectivity index (χ0v) is 18.6. The molecule has 0 bridgehead atoms. The van der Waals surface area contributed by atoms with Gasteiger partial charge >= 0.3 is 5.97 Å². The molecule has 0 aromatic heterocycles. The van der Waals surface area contributed by atoms with Crippen LogP contribution in [0.4, 0.5) is 5.69 Å². The van der Waals surface area contributed by atoms with Crippen LogP contribution in [0.5, 0.6) is 5.75 Å². The van der Waals surface area contributed by atoms with Crippen LogP contribution in [-0.2, 0) is 9.59 Å². The summed E-state index contributed by atoms with van der Waals surface area (Å²) in [6, 6.07) is 14.9. The van der Waals surface area contributed by atoms with Gasteiger partial charge in [0.05, 0.1) is 10.6 Å². The number of amides is 1. The van der Waals surface area contributed by atoms with E-state index in [9.17, 15) is 9.59 Å². The lowest BCUT2D eigenvalue weighted by molar-refractivity contribution is -0.144. The molecule has 1 aliphatic rings. The van der Waals surface area contributed by atoms with Crippen LogP contribution < -0.4 is 9.64 Å². The molecule has 0 spiro atoms. The summed E-state index contributed by atoms with van der Waals surface area (Å²) >= 11 is 6.71. The predicted molar refractivity (Wildman–Crippen MR) is 125 cm³/mol. The molecule has 1 amide bonds. The highest BCUT2D eigenvalue weighted by Crippen LogP contribution is 2.36. The molecule has 7 heteroatoms. The lowest BCUT2D eigenvalue weighted by Crippen LogP contribution is -2.27. The van der Waals surface area contributed by atoms with Crippen molar-refractivity contribution in [3.8, 4) is 5.75 Å². The van der Waals surface area contributed by atoms with E-state index in [1.807, 2.05) is 24.3 Å². The van der Waals surface area contributed by atoms with Crippen molar-refractivity contribution < 1.29 is 19.4 Å². The molecule has 1 aliphatic heterocycles. The van der Waals surface area contributed by atoms with Gasteiger partial charge in [-0.25, -0.2) is 4.79 Å². The zero-order valence-electron chi connectivity index (χ0n) is 17.0. The molecule has 5 nitrogen and oxygen atoms in total. The van der Waals surface area contributed by atoms with E-state index < -0.39 is 12.1 Å². The number of anilines is 1. The molecule has 2 unspecified atom stereocenters. The van der Waals surface area contributed by atoms with Gasteiger partial charge in [0, 0.05) is 0 Å². The number of hydrogen-bond donors (Lipinski definition) is 1. The second-order valence-corrected chi connectivity index (χ2v) is 8.76. The highest BCUT2D eigenvalue weighted by molar-refractivity contribution is 8.27. The predicted octanol–water partition coefficient (Wildman–Crippen LogP) is 5.46. The number of rotatable bonds is 7. The average molecular weight is 442 g/mol. The number of carbonyl (C=O) groups excluding carboxylic acids is 1. The Kier molecular flexibility index (Phi) is 6.95. The topological polar surface area (TPSA) is 66.8 Å². The van der Waals surface area contributed by atoms with Crippen LogP contribution in [0, 0.1) is 0 Å². The number of carboxylic acid groups (broad SMARTS) is 1. The van der Waals surface area contributed by atoms with E-state index in [1.165, 1.54) is 24.2 Å². The molecule has 0 radical (unpaired) electrons. The van der Waals surface area contributed by atoms with E-state index in [2.05, 4.69) is 13.8 Å². The van der Waals surface area contributed by atoms with Crippen molar-refractivity contribution in [2.24, 2.45) is 0 Å². The number of carbonyl (C=O) groups is 2. The number of carboxylic acids is 1. The quantitative estimate of drug-likeness (QED) is 0.455. The molecule has 0 aliphatic carbocycles. The fraction of sp³-hybridized carbons (Fsp3) is 0.261. The van der Waals surface area contributed by atoms with Gasteiger partial charge in [-0.1, -0.05) is 62.1 Å². The summed E-state index contributed by atoms with van der Waals surface area (Å²) in [6.45, 7) is 5.80. The standard InChI is InChI=1S/C23H23NO4S2/c1-4-14(2)17-7-9-18(10-8-17)24-21(25)20(30-23(24)29)13-16-5-11-19(12-6-16)28-15(3)22(26)27/h5-15H,4H2,1-3H3,(H,26,27)/b20-13+. The molecule has 2 atom stereocenters. The van der Waals surface area contributed by atoms with Crippen LogP contribution in [-0.4, -0.2) is 27.4 Å². The van der Waals surface area contributed by atoms with Crippen LogP contribution >= 0.6 is 24.0 Å². The van der Waals surface area contributed by atoms with Gasteiger partial charge in [-0.15, -0.1) is 0 Å². The van der Waals surface area contributed by atoms with E-state index in [1.54, 1.807) is 35.2 Å². The lowest BCUT2D eigenvalue weighted by Gasteiger charge is -2.16. The third-order valence-electron chi connectivity index (χ3n) is 4.96. The van der Waals surface area contributed by atoms with Gasteiger partial charge in [0.1, 0.15) is 5.75 Å². The van der Waals surface area contributed by atoms with Gasteiger partial charge in [-0.05, 0) is 60.7 Å². The highest BCUT2D eigenvalue weighted by atomic mass is 32.2. The molecule has 0 saturated carbocycles. The van der Waals surface area contributed by atoms with Crippen molar-refractivity contribution in [1.82, 2.24) is 0 Å². The molecule has 1 N–H and O–H groups in total. The second kappa shape index (κ2) is 9.45. The Bertz CT molecular complexity index is 983. The molecule has 1 saturated heterocycles. The third-order valence-corrected chi connectivity index (χ3v) is 6.27. The van der Waals surface area contributed by atoms with Crippen molar-refractivity contribution in [1.29, 1.82) is 0 Å². The average Bonchev–Trinajstić information content (AvgIpc) is 3.01. The van der Waals surface area contributed by atoms with E-state index in [-0.39, 0.29) is 5.91 Å². The van der Waals surface area contributed by atoms with Crippen LogP contribution in [0.15, 0.2) is 53.4 Å². The summed E-state index contributed by atoms with van der Waals surface area (Å²) in [4.78, 5) is 25.9. The Hall–Kier alpha value is -2.64. The van der Waals surface area contributed by atoms with Crippen molar-refractivity contribution in [2.45, 2.75) is 39.2 Å². The monoisotopic (exact) mass is 441 g/mol. The number of thioether (sulfide) groups is 1. The fourth-order valence-electron chi connectivity index (χ4n) is 2.93. The summed E-state index contributed by atoms with van der Waals surface area (Å²) in [5.41, 5.74) is 2.80. The first-order chi connectivity index (χ1) is 14.3. The van der Waals surface area contributed by atoms with Gasteiger partial charge < -0.3 is 9.84 Å². The summed E-state index contributed by atoms with van der Waals surface area (Å²) in [5.74, 6) is -0.257. The van der Waals surface area contributed by atoms with Crippen molar-refractivity contribution in [2.75, 3.05) is 4.90 Å². The first-order valence-corrected chi connectivity index (χ1v) is 10.9. The summed E-state index contributed by atoms with van der Waals surface area (Å²) in [5, 5.41) is 8.92. The molecule has 156 valence electrons. The number of ether oxygens (including phenoxy) is 1. The number of nitrogens with zero attached hydrogens (tertiary/aromatic N) is 1. The summed E-state index contributed by atoms with van der Waals surface area (Å²) in [7, 11) is 0. The van der Waals surface area contributed by atoms with Gasteiger partial charge in [-0.3, -0.25) is 9.69 Å². The normalized spacial score (nSPS) is 17.3. The van der Waals surface area contributed by atoms with Crippen molar-refractivity contribution in [3.05, 3.63) is 64.6 Å². The number of benzene rings is 2. The number of aliphatic carboxylic acids is 1. The van der Waals surface area contributed by atoms with Gasteiger partial charge in [0.15, 0.2) is 10.4 Å². The van der Waals surface area contributed by atoms with E-state index in [4.69, 9.17) is 22.1 Å². The molecule has 1 heterocycles. The first kappa shape index (κ1) is 22.1. The van der Waals surface area contributed by atoms with E-state index >= 15 is 0 Å². The molecule has 3 rings (SSSR count). The summed E-state index contributed by atoms with van der Waals surface area (Å²) < 4.78 is 5.82. The van der Waals surface area contributed by atoms with Crippen molar-refractivity contribution >= 4 is 51.9 Å². The maximum atomic E-state index is 12.9. The molecule has 1 fully saturated rings. The Morgan fingerprint density at radius 1 is 1.17 bits per heavy atom. The minimum atomic E-state index is -1.03. The van der Waals surface area contributed by atoms with Crippen LogP contribution in [0.25, 0.3) is 6.08 Å². The van der Waals surface area contributed by atoms with Gasteiger partial charge in [0.2, 0.25) is 0 Å². The highest BCUT2D eigenvalue weighted by Gasteiger charge is 2.33. The fourth-order valence-corrected chi connectivity index (χ4v) is 4.23. The Morgan fingerprint density at radius 3 is 2.37 bits per heavy atom. The maximum absolute atomic E-state index is 12.9. The Balaban J connectivity index is 1.75. The van der Waals surface area contributed by atoms with E-state index in [0.29, 0.717) is 20.9 Å². The molecular formula is C23H23NO4S2. The lowest BCUT2D eigenvalue weighted by atomic mass is 9.98. The number of hydrogen-bond acceptors (Lipinski definition) is 5. The van der Waals surface area contributed by atoms with Gasteiger partial charge in [-0.2, -0.15) is 0 Å².